The summed E-state index contributed by atoms with van der Waals surface area (Å²) in [5, 5.41) is 11.4. The van der Waals surface area contributed by atoms with Crippen molar-refractivity contribution in [3.05, 3.63) is 46.5 Å². The van der Waals surface area contributed by atoms with Crippen LogP contribution in [-0.4, -0.2) is 28.1 Å². The molecule has 1 aromatic heterocycles. The Kier molecular flexibility index (Phi) is 4.33. The lowest BCUT2D eigenvalue weighted by atomic mass is 10.1. The number of benzene rings is 2. The van der Waals surface area contributed by atoms with Crippen molar-refractivity contribution in [2.24, 2.45) is 0 Å². The maximum Gasteiger partial charge on any atom is 0.311 e. The van der Waals surface area contributed by atoms with Crippen LogP contribution in [0.5, 0.6) is 11.5 Å². The molecule has 2 aromatic carbocycles. The van der Waals surface area contributed by atoms with Crippen molar-refractivity contribution in [3.8, 4) is 22.9 Å². The minimum absolute atomic E-state index is 0.115. The van der Waals surface area contributed by atoms with Crippen LogP contribution >= 0.6 is 0 Å². The summed E-state index contributed by atoms with van der Waals surface area (Å²) in [7, 11) is 0. The Morgan fingerprint density at radius 3 is 2.50 bits per heavy atom. The van der Waals surface area contributed by atoms with E-state index in [-0.39, 0.29) is 11.4 Å². The molecule has 0 amide bonds. The number of nitro benzene ring substituents is 1. The van der Waals surface area contributed by atoms with Crippen LogP contribution in [0.4, 0.5) is 5.69 Å². The molecular weight excluding hydrogens is 310 g/mol. The van der Waals surface area contributed by atoms with Crippen molar-refractivity contribution in [3.63, 3.8) is 0 Å². The number of fused-ring (bicyclic) bond motifs is 1. The lowest BCUT2D eigenvalue weighted by molar-refractivity contribution is -0.385. The second-order valence-electron chi connectivity index (χ2n) is 5.04. The number of nitrogens with one attached hydrogen (secondary N) is 1. The van der Waals surface area contributed by atoms with Crippen LogP contribution in [0.2, 0.25) is 0 Å². The minimum atomic E-state index is -0.465. The summed E-state index contributed by atoms with van der Waals surface area (Å²) in [6.07, 6.45) is 0. The van der Waals surface area contributed by atoms with Crippen molar-refractivity contribution in [2.75, 3.05) is 13.2 Å². The average molecular weight is 327 g/mol. The van der Waals surface area contributed by atoms with Crippen LogP contribution < -0.4 is 9.47 Å². The van der Waals surface area contributed by atoms with E-state index >= 15 is 0 Å². The predicted molar refractivity (Wildman–Crippen MR) is 90.5 cm³/mol. The van der Waals surface area contributed by atoms with Gasteiger partial charge in [-0.25, -0.2) is 4.98 Å². The maximum atomic E-state index is 11.4. The summed E-state index contributed by atoms with van der Waals surface area (Å²) in [5.74, 6) is 1.20. The zero-order chi connectivity index (χ0) is 17.1. The van der Waals surface area contributed by atoms with Gasteiger partial charge in [-0.05, 0) is 26.0 Å². The molecule has 24 heavy (non-hydrogen) atoms. The first-order chi connectivity index (χ1) is 11.6. The molecule has 0 atom stereocenters. The van der Waals surface area contributed by atoms with Gasteiger partial charge in [0.15, 0.2) is 0 Å². The lowest BCUT2D eigenvalue weighted by Gasteiger charge is -2.11. The fourth-order valence-electron chi connectivity index (χ4n) is 2.50. The molecule has 0 aliphatic heterocycles. The van der Waals surface area contributed by atoms with Crippen LogP contribution in [-0.2, 0) is 0 Å². The molecule has 0 unspecified atom stereocenters. The number of nitrogens with zero attached hydrogens (tertiary/aromatic N) is 2. The van der Waals surface area contributed by atoms with Crippen molar-refractivity contribution in [1.82, 2.24) is 9.97 Å². The van der Waals surface area contributed by atoms with Gasteiger partial charge in [0.2, 0.25) is 5.75 Å². The van der Waals surface area contributed by atoms with Crippen molar-refractivity contribution in [1.29, 1.82) is 0 Å². The number of aromatic amines is 1. The predicted octanol–water partition coefficient (Wildman–Crippen LogP) is 3.94. The van der Waals surface area contributed by atoms with Gasteiger partial charge < -0.3 is 14.5 Å². The van der Waals surface area contributed by atoms with Crippen molar-refractivity contribution >= 4 is 16.7 Å². The number of aromatic nitrogens is 2. The second-order valence-corrected chi connectivity index (χ2v) is 5.04. The van der Waals surface area contributed by atoms with Gasteiger partial charge in [-0.1, -0.05) is 12.1 Å². The Morgan fingerprint density at radius 2 is 1.83 bits per heavy atom. The van der Waals surface area contributed by atoms with E-state index in [4.69, 9.17) is 9.47 Å². The molecule has 0 saturated carbocycles. The van der Waals surface area contributed by atoms with Crippen molar-refractivity contribution < 1.29 is 14.4 Å². The molecule has 1 N–H and O–H groups in total. The molecule has 3 rings (SSSR count). The monoisotopic (exact) mass is 327 g/mol. The fourth-order valence-corrected chi connectivity index (χ4v) is 2.50. The Hall–Kier alpha value is -3.09. The number of rotatable bonds is 6. The highest BCUT2D eigenvalue weighted by Gasteiger charge is 2.22. The maximum absolute atomic E-state index is 11.4. The van der Waals surface area contributed by atoms with Crippen molar-refractivity contribution in [2.45, 2.75) is 13.8 Å². The Labute approximate surface area is 138 Å². The number of imidazole rings is 1. The van der Waals surface area contributed by atoms with Crippen LogP contribution in [0.25, 0.3) is 22.4 Å². The third kappa shape index (κ3) is 2.88. The van der Waals surface area contributed by atoms with E-state index in [2.05, 4.69) is 9.97 Å². The molecule has 0 fully saturated rings. The molecule has 7 nitrogen and oxygen atoms in total. The molecule has 0 saturated heterocycles. The Balaban J connectivity index is 2.20. The van der Waals surface area contributed by atoms with E-state index in [1.165, 1.54) is 6.07 Å². The van der Waals surface area contributed by atoms with E-state index in [0.29, 0.717) is 30.4 Å². The molecule has 124 valence electrons. The highest BCUT2D eigenvalue weighted by molar-refractivity contribution is 5.81. The summed E-state index contributed by atoms with van der Waals surface area (Å²) in [6.45, 7) is 4.38. The third-order valence-corrected chi connectivity index (χ3v) is 3.50. The van der Waals surface area contributed by atoms with E-state index in [9.17, 15) is 10.1 Å². The van der Waals surface area contributed by atoms with Gasteiger partial charge in [0.25, 0.3) is 0 Å². The van der Waals surface area contributed by atoms with Crippen LogP contribution in [0.3, 0.4) is 0 Å². The van der Waals surface area contributed by atoms with Crippen LogP contribution in [0.15, 0.2) is 36.4 Å². The number of hydrogen-bond acceptors (Lipinski definition) is 5. The standard InChI is InChI=1S/C17H17N3O4/c1-3-23-15-10-16(24-4-2)14(20(21)22)9-11(15)17-18-12-7-5-6-8-13(12)19-17/h5-10H,3-4H2,1-2H3,(H,18,19). The van der Waals surface area contributed by atoms with Gasteiger partial charge in [-0.2, -0.15) is 0 Å². The summed E-state index contributed by atoms with van der Waals surface area (Å²) >= 11 is 0. The number of para-hydroxylation sites is 2. The molecule has 0 bridgehead atoms. The fraction of sp³-hybridized carbons (Fsp3) is 0.235. The van der Waals surface area contributed by atoms with E-state index < -0.39 is 4.92 Å². The first-order valence-corrected chi connectivity index (χ1v) is 7.67. The Bertz CT molecular complexity index is 856. The van der Waals surface area contributed by atoms with Crippen LogP contribution in [0, 0.1) is 10.1 Å². The lowest BCUT2D eigenvalue weighted by Crippen LogP contribution is -2.01. The van der Waals surface area contributed by atoms with Gasteiger partial charge in [0, 0.05) is 12.1 Å². The quantitative estimate of drug-likeness (QED) is 0.547. The Morgan fingerprint density at radius 1 is 1.12 bits per heavy atom. The zero-order valence-electron chi connectivity index (χ0n) is 13.4. The first-order valence-electron chi connectivity index (χ1n) is 7.67. The van der Waals surface area contributed by atoms with Gasteiger partial charge in [0.1, 0.15) is 11.6 Å². The zero-order valence-corrected chi connectivity index (χ0v) is 13.4. The number of hydrogen-bond donors (Lipinski definition) is 1. The SMILES string of the molecule is CCOc1cc(OCC)c([N+](=O)[O-])cc1-c1nc2ccccc2[nH]1. The van der Waals surface area contributed by atoms with Gasteiger partial charge in [0.05, 0.1) is 34.7 Å². The smallest absolute Gasteiger partial charge is 0.311 e. The minimum Gasteiger partial charge on any atom is -0.493 e. The van der Waals surface area contributed by atoms with E-state index in [1.54, 1.807) is 13.0 Å². The molecule has 0 spiro atoms. The molecular formula is C17H17N3O4. The molecule has 3 aromatic rings. The second kappa shape index (κ2) is 6.57. The molecule has 0 aliphatic carbocycles. The highest BCUT2D eigenvalue weighted by atomic mass is 16.6. The molecule has 0 radical (unpaired) electrons. The number of H-pyrrole nitrogens is 1. The van der Waals surface area contributed by atoms with Gasteiger partial charge in [-0.3, -0.25) is 10.1 Å². The van der Waals surface area contributed by atoms with Gasteiger partial charge in [-0.15, -0.1) is 0 Å². The van der Waals surface area contributed by atoms with Gasteiger partial charge >= 0.3 is 5.69 Å². The highest BCUT2D eigenvalue weighted by Crippen LogP contribution is 2.39. The number of nitro groups is 1. The topological polar surface area (TPSA) is 90.3 Å². The normalized spacial score (nSPS) is 10.8. The van der Waals surface area contributed by atoms with E-state index in [1.807, 2.05) is 31.2 Å². The summed E-state index contributed by atoms with van der Waals surface area (Å²) < 4.78 is 11.0. The molecule has 1 heterocycles. The van der Waals surface area contributed by atoms with Crippen LogP contribution in [0.1, 0.15) is 13.8 Å². The number of ether oxygens (including phenoxy) is 2. The van der Waals surface area contributed by atoms with E-state index in [0.717, 1.165) is 11.0 Å². The summed E-state index contributed by atoms with van der Waals surface area (Å²) in [4.78, 5) is 18.6. The average Bonchev–Trinajstić information content (AvgIpc) is 2.99. The first kappa shape index (κ1) is 15.8. The third-order valence-electron chi connectivity index (χ3n) is 3.50. The summed E-state index contributed by atoms with van der Waals surface area (Å²) in [6, 6.07) is 10.5. The summed E-state index contributed by atoms with van der Waals surface area (Å²) in [5.41, 5.74) is 2.05. The molecule has 7 heteroatoms. The largest absolute Gasteiger partial charge is 0.493 e. The molecule has 0 aliphatic rings.